The first-order chi connectivity index (χ1) is 9.01. The Morgan fingerprint density at radius 2 is 1.79 bits per heavy atom. The summed E-state index contributed by atoms with van der Waals surface area (Å²) < 4.78 is 9.57. The molecule has 1 aromatic carbocycles. The van der Waals surface area contributed by atoms with Gasteiger partial charge in [-0.25, -0.2) is 4.79 Å². The molecule has 0 saturated heterocycles. The lowest BCUT2D eigenvalue weighted by Crippen LogP contribution is -2.20. The standard InChI is InChI=1S/C15H16O4/c1-8-5-6-10-7-11(14(16)18-3)13(15(17)19-4)12(10)9(8)2/h5-7,13H,1-4H3. The van der Waals surface area contributed by atoms with Crippen LogP contribution in [0.1, 0.15) is 28.2 Å². The highest BCUT2D eigenvalue weighted by molar-refractivity contribution is 6.06. The molecule has 0 radical (unpaired) electrons. The van der Waals surface area contributed by atoms with Crippen molar-refractivity contribution in [1.82, 2.24) is 0 Å². The molecule has 2 rings (SSSR count). The number of hydrogen-bond acceptors (Lipinski definition) is 4. The van der Waals surface area contributed by atoms with Crippen molar-refractivity contribution in [2.24, 2.45) is 0 Å². The van der Waals surface area contributed by atoms with Crippen LogP contribution in [-0.2, 0) is 19.1 Å². The van der Waals surface area contributed by atoms with E-state index in [4.69, 9.17) is 9.47 Å². The summed E-state index contributed by atoms with van der Waals surface area (Å²) in [4.78, 5) is 23.8. The maximum absolute atomic E-state index is 12.0. The zero-order valence-electron chi connectivity index (χ0n) is 11.4. The molecule has 4 nitrogen and oxygen atoms in total. The van der Waals surface area contributed by atoms with E-state index in [1.165, 1.54) is 14.2 Å². The van der Waals surface area contributed by atoms with Crippen molar-refractivity contribution in [3.05, 3.63) is 40.0 Å². The number of methoxy groups -OCH3 is 2. The highest BCUT2D eigenvalue weighted by Crippen LogP contribution is 2.40. The quantitative estimate of drug-likeness (QED) is 0.764. The Bertz CT molecular complexity index is 584. The van der Waals surface area contributed by atoms with Crippen molar-refractivity contribution in [3.8, 4) is 0 Å². The first kappa shape index (κ1) is 13.3. The minimum atomic E-state index is -0.688. The van der Waals surface area contributed by atoms with Crippen LogP contribution in [0.3, 0.4) is 0 Å². The Morgan fingerprint density at radius 3 is 2.37 bits per heavy atom. The molecule has 1 aliphatic rings. The van der Waals surface area contributed by atoms with E-state index in [0.29, 0.717) is 5.57 Å². The fourth-order valence-electron chi connectivity index (χ4n) is 2.43. The smallest absolute Gasteiger partial charge is 0.334 e. The molecule has 0 saturated carbocycles. The highest BCUT2D eigenvalue weighted by Gasteiger charge is 2.37. The van der Waals surface area contributed by atoms with Crippen molar-refractivity contribution in [2.75, 3.05) is 14.2 Å². The van der Waals surface area contributed by atoms with E-state index in [0.717, 1.165) is 22.3 Å². The second-order valence-electron chi connectivity index (χ2n) is 4.56. The van der Waals surface area contributed by atoms with Gasteiger partial charge in [0.15, 0.2) is 0 Å². The average molecular weight is 260 g/mol. The Labute approximate surface area is 112 Å². The maximum Gasteiger partial charge on any atom is 0.334 e. The number of rotatable bonds is 2. The number of carbonyl (C=O) groups is 2. The Balaban J connectivity index is 2.61. The molecule has 0 N–H and O–H groups in total. The zero-order valence-corrected chi connectivity index (χ0v) is 11.4. The average Bonchev–Trinajstić information content (AvgIpc) is 2.81. The molecule has 0 fully saturated rings. The van der Waals surface area contributed by atoms with Crippen LogP contribution >= 0.6 is 0 Å². The first-order valence-electron chi connectivity index (χ1n) is 5.99. The van der Waals surface area contributed by atoms with Gasteiger partial charge in [-0.1, -0.05) is 12.1 Å². The summed E-state index contributed by atoms with van der Waals surface area (Å²) in [5.74, 6) is -1.62. The summed E-state index contributed by atoms with van der Waals surface area (Å²) in [6, 6.07) is 3.88. The molecule has 1 aromatic rings. The second kappa shape index (κ2) is 4.88. The molecule has 0 bridgehead atoms. The third-order valence-corrected chi connectivity index (χ3v) is 3.59. The van der Waals surface area contributed by atoms with Crippen LogP contribution in [0.4, 0.5) is 0 Å². The third-order valence-electron chi connectivity index (χ3n) is 3.59. The molecule has 4 heteroatoms. The van der Waals surface area contributed by atoms with Gasteiger partial charge in [-0.2, -0.15) is 0 Å². The fourth-order valence-corrected chi connectivity index (χ4v) is 2.43. The van der Waals surface area contributed by atoms with E-state index in [1.807, 2.05) is 26.0 Å². The van der Waals surface area contributed by atoms with Gasteiger partial charge in [0.25, 0.3) is 0 Å². The summed E-state index contributed by atoms with van der Waals surface area (Å²) in [6.45, 7) is 3.91. The number of ether oxygens (including phenoxy) is 2. The Hall–Kier alpha value is -2.10. The predicted octanol–water partition coefficient (Wildman–Crippen LogP) is 2.13. The SMILES string of the molecule is COC(=O)C1=Cc2ccc(C)c(C)c2C1C(=O)OC. The number of esters is 2. The van der Waals surface area contributed by atoms with E-state index in [2.05, 4.69) is 0 Å². The number of carbonyl (C=O) groups excluding carboxylic acids is 2. The molecule has 0 heterocycles. The molecular weight excluding hydrogens is 244 g/mol. The van der Waals surface area contributed by atoms with Crippen LogP contribution in [0.15, 0.2) is 17.7 Å². The molecule has 0 amide bonds. The van der Waals surface area contributed by atoms with Gasteiger partial charge in [-0.3, -0.25) is 4.79 Å². The van der Waals surface area contributed by atoms with Crippen LogP contribution in [0.25, 0.3) is 6.08 Å². The van der Waals surface area contributed by atoms with Gasteiger partial charge < -0.3 is 9.47 Å². The highest BCUT2D eigenvalue weighted by atomic mass is 16.5. The van der Waals surface area contributed by atoms with Crippen molar-refractivity contribution in [2.45, 2.75) is 19.8 Å². The van der Waals surface area contributed by atoms with Crippen molar-refractivity contribution < 1.29 is 19.1 Å². The van der Waals surface area contributed by atoms with E-state index < -0.39 is 17.9 Å². The summed E-state index contributed by atoms with van der Waals surface area (Å²) in [6.07, 6.45) is 1.70. The number of aryl methyl sites for hydroxylation is 1. The lowest BCUT2D eigenvalue weighted by Gasteiger charge is -2.16. The molecule has 0 aliphatic heterocycles. The second-order valence-corrected chi connectivity index (χ2v) is 4.56. The van der Waals surface area contributed by atoms with Gasteiger partial charge in [-0.15, -0.1) is 0 Å². The molecule has 0 spiro atoms. The topological polar surface area (TPSA) is 52.6 Å². The Morgan fingerprint density at radius 1 is 1.11 bits per heavy atom. The van der Waals surface area contributed by atoms with Crippen LogP contribution in [0.2, 0.25) is 0 Å². The van der Waals surface area contributed by atoms with Crippen LogP contribution in [0, 0.1) is 13.8 Å². The zero-order chi connectivity index (χ0) is 14.2. The van der Waals surface area contributed by atoms with E-state index in [9.17, 15) is 9.59 Å². The number of fused-ring (bicyclic) bond motifs is 1. The van der Waals surface area contributed by atoms with Gasteiger partial charge in [0, 0.05) is 0 Å². The van der Waals surface area contributed by atoms with Crippen molar-refractivity contribution in [1.29, 1.82) is 0 Å². The Kier molecular flexibility index (Phi) is 3.42. The summed E-state index contributed by atoms with van der Waals surface area (Å²) in [7, 11) is 2.62. The minimum Gasteiger partial charge on any atom is -0.468 e. The number of hydrogen-bond donors (Lipinski definition) is 0. The van der Waals surface area contributed by atoms with E-state index in [-0.39, 0.29) is 0 Å². The lowest BCUT2D eigenvalue weighted by molar-refractivity contribution is -0.144. The molecular formula is C15H16O4. The molecule has 1 aliphatic carbocycles. The van der Waals surface area contributed by atoms with Crippen molar-refractivity contribution >= 4 is 18.0 Å². The maximum atomic E-state index is 12.0. The van der Waals surface area contributed by atoms with Crippen LogP contribution in [0.5, 0.6) is 0 Å². The van der Waals surface area contributed by atoms with Gasteiger partial charge in [0.05, 0.1) is 19.8 Å². The summed E-state index contributed by atoms with van der Waals surface area (Å²) in [5, 5.41) is 0. The van der Waals surface area contributed by atoms with E-state index >= 15 is 0 Å². The van der Waals surface area contributed by atoms with Crippen molar-refractivity contribution in [3.63, 3.8) is 0 Å². The summed E-state index contributed by atoms with van der Waals surface area (Å²) >= 11 is 0. The predicted molar refractivity (Wildman–Crippen MR) is 70.7 cm³/mol. The largest absolute Gasteiger partial charge is 0.468 e. The third kappa shape index (κ3) is 2.03. The lowest BCUT2D eigenvalue weighted by atomic mass is 9.90. The van der Waals surface area contributed by atoms with Gasteiger partial charge >= 0.3 is 11.9 Å². The minimum absolute atomic E-state index is 0.332. The molecule has 1 atom stereocenters. The van der Waals surface area contributed by atoms with Gasteiger partial charge in [0.1, 0.15) is 5.92 Å². The molecule has 100 valence electrons. The molecule has 19 heavy (non-hydrogen) atoms. The normalized spacial score (nSPS) is 16.6. The first-order valence-corrected chi connectivity index (χ1v) is 5.99. The van der Waals surface area contributed by atoms with Gasteiger partial charge in [-0.05, 0) is 42.2 Å². The molecule has 1 unspecified atom stereocenters. The van der Waals surface area contributed by atoms with E-state index in [1.54, 1.807) is 6.08 Å². The molecule has 0 aromatic heterocycles. The van der Waals surface area contributed by atoms with Crippen LogP contribution in [-0.4, -0.2) is 26.2 Å². The fraction of sp³-hybridized carbons (Fsp3) is 0.333. The summed E-state index contributed by atoms with van der Waals surface area (Å²) in [5.41, 5.74) is 4.12. The number of benzene rings is 1. The monoisotopic (exact) mass is 260 g/mol. The van der Waals surface area contributed by atoms with Gasteiger partial charge in [0.2, 0.25) is 0 Å². The van der Waals surface area contributed by atoms with Crippen LogP contribution < -0.4 is 0 Å².